The smallest absolute Gasteiger partial charge is 0.238 e. The number of nitrogens with one attached hydrogen (secondary N) is 1. The number of benzene rings is 1. The molecule has 0 unspecified atom stereocenters. The van der Waals surface area contributed by atoms with Crippen LogP contribution in [0.25, 0.3) is 0 Å². The van der Waals surface area contributed by atoms with Gasteiger partial charge in [0.1, 0.15) is 5.82 Å². The molecule has 0 aliphatic carbocycles. The van der Waals surface area contributed by atoms with Gasteiger partial charge in [0.25, 0.3) is 0 Å². The second-order valence-electron chi connectivity index (χ2n) is 5.54. The number of anilines is 1. The molecule has 1 heterocycles. The highest BCUT2D eigenvalue weighted by Crippen LogP contribution is 2.16. The molecule has 1 amide bonds. The van der Waals surface area contributed by atoms with Crippen molar-refractivity contribution in [2.75, 3.05) is 45.3 Å². The molecular formula is C16H23FN2O3. The van der Waals surface area contributed by atoms with Crippen molar-refractivity contribution in [3.63, 3.8) is 0 Å². The second kappa shape index (κ2) is 8.22. The van der Waals surface area contributed by atoms with E-state index in [0.29, 0.717) is 26.3 Å². The first kappa shape index (κ1) is 16.9. The number of rotatable bonds is 6. The molecule has 1 fully saturated rings. The van der Waals surface area contributed by atoms with Crippen LogP contribution in [0.5, 0.6) is 0 Å². The fraction of sp³-hybridized carbons (Fsp3) is 0.562. The number of carbonyl (C=O) groups is 1. The minimum atomic E-state index is -0.418. The van der Waals surface area contributed by atoms with Gasteiger partial charge in [0, 0.05) is 26.8 Å². The van der Waals surface area contributed by atoms with Crippen LogP contribution in [0.1, 0.15) is 12.0 Å². The second-order valence-corrected chi connectivity index (χ2v) is 5.54. The van der Waals surface area contributed by atoms with Gasteiger partial charge in [-0.1, -0.05) is 6.07 Å². The van der Waals surface area contributed by atoms with Gasteiger partial charge in [0.2, 0.25) is 5.91 Å². The van der Waals surface area contributed by atoms with Gasteiger partial charge in [0.15, 0.2) is 0 Å². The number of aryl methyl sites for hydroxylation is 1. The van der Waals surface area contributed by atoms with E-state index in [1.165, 1.54) is 6.07 Å². The number of hydrogen-bond donors (Lipinski definition) is 1. The summed E-state index contributed by atoms with van der Waals surface area (Å²) in [6.07, 6.45) is 0.887. The third kappa shape index (κ3) is 5.05. The number of ether oxygens (including phenoxy) is 2. The summed E-state index contributed by atoms with van der Waals surface area (Å²) in [4.78, 5) is 14.1. The van der Waals surface area contributed by atoms with Crippen molar-refractivity contribution in [1.82, 2.24) is 4.90 Å². The topological polar surface area (TPSA) is 50.8 Å². The van der Waals surface area contributed by atoms with Crippen LogP contribution in [0.4, 0.5) is 10.1 Å². The Labute approximate surface area is 130 Å². The maximum absolute atomic E-state index is 13.6. The molecule has 5 nitrogen and oxygen atoms in total. The molecule has 122 valence electrons. The molecule has 1 atom stereocenters. The summed E-state index contributed by atoms with van der Waals surface area (Å²) in [5.41, 5.74) is 1.14. The third-order valence-corrected chi connectivity index (χ3v) is 3.63. The van der Waals surface area contributed by atoms with Gasteiger partial charge in [-0.3, -0.25) is 9.69 Å². The number of hydrogen-bond acceptors (Lipinski definition) is 4. The first-order valence-corrected chi connectivity index (χ1v) is 7.47. The van der Waals surface area contributed by atoms with Gasteiger partial charge >= 0.3 is 0 Å². The molecule has 6 heteroatoms. The number of nitrogens with zero attached hydrogens (tertiary/aromatic N) is 1. The summed E-state index contributed by atoms with van der Waals surface area (Å²) in [6, 6.07) is 4.67. The lowest BCUT2D eigenvalue weighted by molar-refractivity contribution is -0.119. The summed E-state index contributed by atoms with van der Waals surface area (Å²) in [5.74, 6) is -0.629. The zero-order valence-electron chi connectivity index (χ0n) is 13.1. The largest absolute Gasteiger partial charge is 0.385 e. The Morgan fingerprint density at radius 1 is 1.55 bits per heavy atom. The third-order valence-electron chi connectivity index (χ3n) is 3.63. The number of carbonyl (C=O) groups excluding carboxylic acids is 1. The summed E-state index contributed by atoms with van der Waals surface area (Å²) in [6.45, 7) is 4.72. The van der Waals surface area contributed by atoms with E-state index < -0.39 is 5.82 Å². The molecule has 1 saturated heterocycles. The van der Waals surface area contributed by atoms with Gasteiger partial charge < -0.3 is 14.8 Å². The number of amides is 1. The van der Waals surface area contributed by atoms with E-state index in [9.17, 15) is 9.18 Å². The maximum atomic E-state index is 13.6. The monoisotopic (exact) mass is 310 g/mol. The Balaban J connectivity index is 1.84. The van der Waals surface area contributed by atoms with Crippen LogP contribution < -0.4 is 5.32 Å². The highest BCUT2D eigenvalue weighted by molar-refractivity contribution is 5.92. The average Bonchev–Trinajstić information content (AvgIpc) is 2.49. The van der Waals surface area contributed by atoms with Crippen molar-refractivity contribution in [3.8, 4) is 0 Å². The molecule has 0 radical (unpaired) electrons. The predicted molar refractivity (Wildman–Crippen MR) is 82.4 cm³/mol. The minimum Gasteiger partial charge on any atom is -0.385 e. The molecule has 0 spiro atoms. The van der Waals surface area contributed by atoms with E-state index >= 15 is 0 Å². The zero-order chi connectivity index (χ0) is 15.9. The SMILES string of the molecule is COCC[C@@H]1CN(CC(=O)Nc2cc(C)ccc2F)CCO1. The Morgan fingerprint density at radius 2 is 2.36 bits per heavy atom. The lowest BCUT2D eigenvalue weighted by atomic mass is 10.2. The van der Waals surface area contributed by atoms with E-state index in [2.05, 4.69) is 5.32 Å². The Morgan fingerprint density at radius 3 is 3.14 bits per heavy atom. The molecule has 1 aromatic rings. The quantitative estimate of drug-likeness (QED) is 0.871. The maximum Gasteiger partial charge on any atom is 0.238 e. The molecule has 0 aromatic heterocycles. The van der Waals surface area contributed by atoms with Crippen LogP contribution >= 0.6 is 0 Å². The first-order valence-electron chi connectivity index (χ1n) is 7.47. The number of morpholine rings is 1. The van der Waals surface area contributed by atoms with E-state index in [1.807, 2.05) is 11.8 Å². The fourth-order valence-electron chi connectivity index (χ4n) is 2.48. The summed E-state index contributed by atoms with van der Waals surface area (Å²) in [5, 5.41) is 2.64. The molecule has 0 bridgehead atoms. The van der Waals surface area contributed by atoms with Gasteiger partial charge in [0.05, 0.1) is 24.9 Å². The highest BCUT2D eigenvalue weighted by atomic mass is 19.1. The van der Waals surface area contributed by atoms with Crippen LogP contribution in [0.15, 0.2) is 18.2 Å². The summed E-state index contributed by atoms with van der Waals surface area (Å²) in [7, 11) is 1.66. The molecule has 2 rings (SSSR count). The van der Waals surface area contributed by atoms with Crippen LogP contribution in [-0.4, -0.2) is 56.9 Å². The van der Waals surface area contributed by atoms with Crippen molar-refractivity contribution in [3.05, 3.63) is 29.6 Å². The van der Waals surface area contributed by atoms with E-state index in [4.69, 9.17) is 9.47 Å². The van der Waals surface area contributed by atoms with E-state index in [0.717, 1.165) is 12.0 Å². The Kier molecular flexibility index (Phi) is 6.30. The van der Waals surface area contributed by atoms with Crippen molar-refractivity contribution in [2.24, 2.45) is 0 Å². The van der Waals surface area contributed by atoms with Gasteiger partial charge in [-0.05, 0) is 31.0 Å². The number of halogens is 1. The first-order chi connectivity index (χ1) is 10.6. The van der Waals surface area contributed by atoms with Gasteiger partial charge in [-0.2, -0.15) is 0 Å². The molecule has 1 aromatic carbocycles. The molecular weight excluding hydrogens is 287 g/mol. The highest BCUT2D eigenvalue weighted by Gasteiger charge is 2.22. The lowest BCUT2D eigenvalue weighted by Gasteiger charge is -2.32. The molecule has 0 saturated carbocycles. The molecule has 1 aliphatic heterocycles. The molecule has 22 heavy (non-hydrogen) atoms. The normalized spacial score (nSPS) is 19.1. The summed E-state index contributed by atoms with van der Waals surface area (Å²) < 4.78 is 24.3. The van der Waals surface area contributed by atoms with Crippen molar-refractivity contribution >= 4 is 11.6 Å². The van der Waals surface area contributed by atoms with Crippen LogP contribution in [0, 0.1) is 12.7 Å². The van der Waals surface area contributed by atoms with Crippen molar-refractivity contribution in [2.45, 2.75) is 19.4 Å². The molecule has 1 N–H and O–H groups in total. The van der Waals surface area contributed by atoms with Gasteiger partial charge in [-0.15, -0.1) is 0 Å². The minimum absolute atomic E-state index is 0.0807. The fourth-order valence-corrected chi connectivity index (χ4v) is 2.48. The van der Waals surface area contributed by atoms with E-state index in [-0.39, 0.29) is 24.2 Å². The average molecular weight is 310 g/mol. The van der Waals surface area contributed by atoms with Gasteiger partial charge in [-0.25, -0.2) is 4.39 Å². The standard InChI is InChI=1S/C16H23FN2O3/c1-12-3-4-14(17)15(9-12)18-16(20)11-19-6-8-22-13(10-19)5-7-21-2/h3-4,9,13H,5-8,10-11H2,1-2H3,(H,18,20)/t13-/m1/s1. The van der Waals surface area contributed by atoms with Crippen LogP contribution in [0.2, 0.25) is 0 Å². The lowest BCUT2D eigenvalue weighted by Crippen LogP contribution is -2.46. The summed E-state index contributed by atoms with van der Waals surface area (Å²) >= 11 is 0. The van der Waals surface area contributed by atoms with Crippen LogP contribution in [0.3, 0.4) is 0 Å². The predicted octanol–water partition coefficient (Wildman–Crippen LogP) is 1.81. The van der Waals surface area contributed by atoms with Crippen LogP contribution in [-0.2, 0) is 14.3 Å². The Bertz CT molecular complexity index is 510. The molecule has 1 aliphatic rings. The Hall–Kier alpha value is -1.50. The van der Waals surface area contributed by atoms with Crippen molar-refractivity contribution in [1.29, 1.82) is 0 Å². The van der Waals surface area contributed by atoms with E-state index in [1.54, 1.807) is 19.2 Å². The van der Waals surface area contributed by atoms with Crippen molar-refractivity contribution < 1.29 is 18.7 Å². The number of methoxy groups -OCH3 is 1. The zero-order valence-corrected chi connectivity index (χ0v) is 13.1.